The summed E-state index contributed by atoms with van der Waals surface area (Å²) in [6, 6.07) is 5.99. The molecule has 0 spiro atoms. The van der Waals surface area contributed by atoms with Gasteiger partial charge in [0.15, 0.2) is 0 Å². The van der Waals surface area contributed by atoms with E-state index in [0.717, 1.165) is 11.1 Å². The van der Waals surface area contributed by atoms with Crippen molar-refractivity contribution in [1.29, 1.82) is 0 Å². The lowest BCUT2D eigenvalue weighted by molar-refractivity contribution is -0.118. The van der Waals surface area contributed by atoms with Crippen LogP contribution >= 0.6 is 0 Å². The van der Waals surface area contributed by atoms with Crippen molar-refractivity contribution in [3.63, 3.8) is 0 Å². The fourth-order valence-corrected chi connectivity index (χ4v) is 2.82. The summed E-state index contributed by atoms with van der Waals surface area (Å²) in [4.78, 5) is 32.0. The zero-order valence-electron chi connectivity index (χ0n) is 13.6. The Bertz CT molecular complexity index is 807. The second kappa shape index (κ2) is 6.39. The molecule has 0 atom stereocenters. The summed E-state index contributed by atoms with van der Waals surface area (Å²) in [5.74, 6) is -0.720. The number of nitrogens with zero attached hydrogens (tertiary/aromatic N) is 3. The van der Waals surface area contributed by atoms with Crippen LogP contribution < -0.4 is 9.80 Å². The molecule has 0 aliphatic carbocycles. The number of aromatic nitrogens is 1. The van der Waals surface area contributed by atoms with Crippen molar-refractivity contribution in [2.24, 2.45) is 0 Å². The normalized spacial score (nSPS) is 14.4. The van der Waals surface area contributed by atoms with Crippen LogP contribution in [0.1, 0.15) is 17.5 Å². The molecule has 0 saturated heterocycles. The number of carbonyl (C=O) groups is 2. The summed E-state index contributed by atoms with van der Waals surface area (Å²) in [7, 11) is 1.60. The van der Waals surface area contributed by atoms with Gasteiger partial charge in [0.25, 0.3) is 0 Å². The number of amides is 2. The Labute approximate surface area is 139 Å². The lowest BCUT2D eigenvalue weighted by atomic mass is 10.1. The van der Waals surface area contributed by atoms with Gasteiger partial charge in [-0.3, -0.25) is 14.6 Å². The molecule has 0 N–H and O–H groups in total. The predicted octanol–water partition coefficient (Wildman–Crippen LogP) is 2.47. The van der Waals surface area contributed by atoms with Crippen LogP contribution in [-0.4, -0.2) is 30.4 Å². The third kappa shape index (κ3) is 2.99. The number of halogens is 1. The van der Waals surface area contributed by atoms with Crippen molar-refractivity contribution in [2.75, 3.05) is 23.4 Å². The summed E-state index contributed by atoms with van der Waals surface area (Å²) in [6.07, 6.45) is 3.74. The van der Waals surface area contributed by atoms with E-state index >= 15 is 0 Å². The fraction of sp³-hybridized carbons (Fsp3) is 0.278. The SMILES string of the molecule is Cc1ccncc1CC(=O)N1CCC(=O)N(C)c2cc(F)ccc21. The molecule has 1 aliphatic heterocycles. The van der Waals surface area contributed by atoms with Crippen LogP contribution in [-0.2, 0) is 16.0 Å². The highest BCUT2D eigenvalue weighted by atomic mass is 19.1. The minimum absolute atomic E-state index is 0.137. The quantitative estimate of drug-likeness (QED) is 0.851. The summed E-state index contributed by atoms with van der Waals surface area (Å²) in [5, 5.41) is 0. The molecule has 6 heteroatoms. The molecule has 0 radical (unpaired) electrons. The largest absolute Gasteiger partial charge is 0.313 e. The van der Waals surface area contributed by atoms with Crippen LogP contribution in [0.25, 0.3) is 0 Å². The molecule has 0 unspecified atom stereocenters. The van der Waals surface area contributed by atoms with Gasteiger partial charge >= 0.3 is 0 Å². The predicted molar refractivity (Wildman–Crippen MR) is 89.5 cm³/mol. The zero-order chi connectivity index (χ0) is 17.3. The smallest absolute Gasteiger partial charge is 0.231 e. The molecule has 0 fully saturated rings. The van der Waals surface area contributed by atoms with Crippen molar-refractivity contribution in [1.82, 2.24) is 4.98 Å². The Morgan fingerprint density at radius 3 is 2.83 bits per heavy atom. The molecule has 1 aromatic heterocycles. The molecule has 24 heavy (non-hydrogen) atoms. The van der Waals surface area contributed by atoms with E-state index in [1.54, 1.807) is 30.4 Å². The van der Waals surface area contributed by atoms with Gasteiger partial charge in [-0.25, -0.2) is 4.39 Å². The van der Waals surface area contributed by atoms with E-state index in [-0.39, 0.29) is 31.2 Å². The molecule has 3 rings (SSSR count). The van der Waals surface area contributed by atoms with Gasteiger partial charge < -0.3 is 9.80 Å². The number of anilines is 2. The Morgan fingerprint density at radius 2 is 2.08 bits per heavy atom. The molecule has 0 saturated carbocycles. The van der Waals surface area contributed by atoms with Gasteiger partial charge in [0.2, 0.25) is 11.8 Å². The maximum atomic E-state index is 13.6. The average molecular weight is 327 g/mol. The molecular formula is C18H18FN3O2. The molecule has 2 amide bonds. The van der Waals surface area contributed by atoms with E-state index in [1.807, 2.05) is 13.0 Å². The number of pyridine rings is 1. The first kappa shape index (κ1) is 16.1. The lowest BCUT2D eigenvalue weighted by Crippen LogP contribution is -2.33. The molecule has 2 aromatic rings. The van der Waals surface area contributed by atoms with Gasteiger partial charge in [-0.1, -0.05) is 0 Å². The van der Waals surface area contributed by atoms with E-state index in [2.05, 4.69) is 4.98 Å². The van der Waals surface area contributed by atoms with Crippen molar-refractivity contribution >= 4 is 23.2 Å². The Hall–Kier alpha value is -2.76. The van der Waals surface area contributed by atoms with Crippen molar-refractivity contribution < 1.29 is 14.0 Å². The fourth-order valence-electron chi connectivity index (χ4n) is 2.82. The average Bonchev–Trinajstić information content (AvgIpc) is 2.68. The van der Waals surface area contributed by atoms with Crippen LogP contribution in [0.3, 0.4) is 0 Å². The van der Waals surface area contributed by atoms with Gasteiger partial charge in [-0.05, 0) is 42.3 Å². The first-order chi connectivity index (χ1) is 11.5. The Morgan fingerprint density at radius 1 is 1.29 bits per heavy atom. The van der Waals surface area contributed by atoms with Crippen molar-refractivity contribution in [3.05, 3.63) is 53.6 Å². The maximum Gasteiger partial charge on any atom is 0.231 e. The van der Waals surface area contributed by atoms with Gasteiger partial charge in [-0.2, -0.15) is 0 Å². The summed E-state index contributed by atoms with van der Waals surface area (Å²) in [5.41, 5.74) is 2.79. The van der Waals surface area contributed by atoms with E-state index in [0.29, 0.717) is 11.4 Å². The number of carbonyl (C=O) groups excluding carboxylic acids is 2. The van der Waals surface area contributed by atoms with Crippen LogP contribution in [0.2, 0.25) is 0 Å². The van der Waals surface area contributed by atoms with Gasteiger partial charge in [0.05, 0.1) is 17.8 Å². The number of aryl methyl sites for hydroxylation is 1. The van der Waals surface area contributed by atoms with Crippen LogP contribution in [0.4, 0.5) is 15.8 Å². The third-order valence-electron chi connectivity index (χ3n) is 4.30. The van der Waals surface area contributed by atoms with Crippen molar-refractivity contribution in [2.45, 2.75) is 19.8 Å². The van der Waals surface area contributed by atoms with E-state index in [4.69, 9.17) is 0 Å². The Balaban J connectivity index is 1.96. The van der Waals surface area contributed by atoms with Gasteiger partial charge in [-0.15, -0.1) is 0 Å². The highest BCUT2D eigenvalue weighted by Crippen LogP contribution is 2.33. The standard InChI is InChI=1S/C18H18FN3O2/c1-12-5-7-20-11-13(12)9-18(24)22-8-6-17(23)21(2)16-10-14(19)3-4-15(16)22/h3-5,7,10-11H,6,8-9H2,1-2H3. The molecule has 2 heterocycles. The summed E-state index contributed by atoms with van der Waals surface area (Å²) >= 11 is 0. The van der Waals surface area contributed by atoms with Gasteiger partial charge in [0, 0.05) is 32.4 Å². The summed E-state index contributed by atoms with van der Waals surface area (Å²) < 4.78 is 13.6. The first-order valence-corrected chi connectivity index (χ1v) is 7.73. The molecule has 5 nitrogen and oxygen atoms in total. The minimum atomic E-state index is -0.439. The highest BCUT2D eigenvalue weighted by molar-refractivity contribution is 6.05. The first-order valence-electron chi connectivity index (χ1n) is 7.73. The van der Waals surface area contributed by atoms with E-state index < -0.39 is 5.82 Å². The Kier molecular flexibility index (Phi) is 4.29. The summed E-state index contributed by atoms with van der Waals surface area (Å²) in [6.45, 7) is 2.20. The number of fused-ring (bicyclic) bond motifs is 1. The second-order valence-electron chi connectivity index (χ2n) is 5.86. The van der Waals surface area contributed by atoms with Crippen LogP contribution in [0, 0.1) is 12.7 Å². The maximum absolute atomic E-state index is 13.6. The van der Waals surface area contributed by atoms with Crippen molar-refractivity contribution in [3.8, 4) is 0 Å². The second-order valence-corrected chi connectivity index (χ2v) is 5.86. The molecule has 124 valence electrons. The molecule has 1 aromatic carbocycles. The highest BCUT2D eigenvalue weighted by Gasteiger charge is 2.27. The van der Waals surface area contributed by atoms with Crippen LogP contribution in [0.5, 0.6) is 0 Å². The minimum Gasteiger partial charge on any atom is -0.313 e. The molecule has 0 bridgehead atoms. The number of hydrogen-bond donors (Lipinski definition) is 0. The monoisotopic (exact) mass is 327 g/mol. The number of hydrogen-bond acceptors (Lipinski definition) is 3. The topological polar surface area (TPSA) is 53.5 Å². The molecular weight excluding hydrogens is 309 g/mol. The molecule has 1 aliphatic rings. The third-order valence-corrected chi connectivity index (χ3v) is 4.30. The van der Waals surface area contributed by atoms with Gasteiger partial charge in [0.1, 0.15) is 5.82 Å². The number of benzene rings is 1. The van der Waals surface area contributed by atoms with E-state index in [1.165, 1.54) is 17.0 Å². The zero-order valence-corrected chi connectivity index (χ0v) is 13.6. The van der Waals surface area contributed by atoms with Crippen LogP contribution in [0.15, 0.2) is 36.7 Å². The van der Waals surface area contributed by atoms with E-state index in [9.17, 15) is 14.0 Å². The number of rotatable bonds is 2. The lowest BCUT2D eigenvalue weighted by Gasteiger charge is -2.24.